The normalized spacial score (nSPS) is 10.8. The van der Waals surface area contributed by atoms with E-state index in [2.05, 4.69) is 40.3 Å². The fourth-order valence-electron chi connectivity index (χ4n) is 1.99. The van der Waals surface area contributed by atoms with Gasteiger partial charge in [-0.3, -0.25) is 4.98 Å². The van der Waals surface area contributed by atoms with E-state index < -0.39 is 0 Å². The molecule has 0 unspecified atom stereocenters. The lowest BCUT2D eigenvalue weighted by Gasteiger charge is -2.04. The van der Waals surface area contributed by atoms with Gasteiger partial charge in [-0.2, -0.15) is 0 Å². The van der Waals surface area contributed by atoms with Crippen LogP contribution in [0.4, 0.5) is 0 Å². The minimum Gasteiger partial charge on any atom is -0.365 e. The summed E-state index contributed by atoms with van der Waals surface area (Å²) in [6.45, 7) is 0. The molecule has 0 aliphatic heterocycles. The molecule has 0 aliphatic carbocycles. The predicted octanol–water partition coefficient (Wildman–Crippen LogP) is 3.15. The van der Waals surface area contributed by atoms with Crippen molar-refractivity contribution in [3.05, 3.63) is 66.1 Å². The molecule has 0 amide bonds. The number of hydrogen-bond donors (Lipinski definition) is 1. The number of benzene rings is 1. The van der Waals surface area contributed by atoms with Crippen molar-refractivity contribution in [2.45, 2.75) is 6.42 Å². The number of aromatic amines is 1. The molecule has 0 aliphatic rings. The fraction of sp³-hybridized carbons (Fsp3) is 0.0714. The Morgan fingerprint density at radius 2 is 1.94 bits per heavy atom. The molecule has 1 aromatic carbocycles. The monoisotopic (exact) mass is 208 g/mol. The smallest absolute Gasteiger partial charge is 0.0737 e. The van der Waals surface area contributed by atoms with Crippen molar-refractivity contribution in [1.29, 1.82) is 0 Å². The second-order valence-corrected chi connectivity index (χ2v) is 3.86. The Morgan fingerprint density at radius 1 is 1.00 bits per heavy atom. The van der Waals surface area contributed by atoms with Gasteiger partial charge in [-0.05, 0) is 23.8 Å². The third-order valence-corrected chi connectivity index (χ3v) is 2.76. The molecule has 2 nitrogen and oxygen atoms in total. The van der Waals surface area contributed by atoms with Crippen LogP contribution in [0, 0.1) is 0 Å². The summed E-state index contributed by atoms with van der Waals surface area (Å²) in [5, 5.41) is 1.20. The van der Waals surface area contributed by atoms with E-state index >= 15 is 0 Å². The zero-order chi connectivity index (χ0) is 10.8. The number of nitrogens with one attached hydrogen (secondary N) is 1. The van der Waals surface area contributed by atoms with Crippen LogP contribution in [0.1, 0.15) is 11.3 Å². The molecule has 0 atom stereocenters. The molecule has 3 rings (SSSR count). The molecule has 2 heterocycles. The Bertz CT molecular complexity index is 592. The topological polar surface area (TPSA) is 28.7 Å². The average Bonchev–Trinajstić information content (AvgIpc) is 2.82. The lowest BCUT2D eigenvalue weighted by Crippen LogP contribution is -1.91. The van der Waals surface area contributed by atoms with Crippen molar-refractivity contribution in [2.75, 3.05) is 0 Å². The summed E-state index contributed by atoms with van der Waals surface area (Å²) < 4.78 is 0. The van der Waals surface area contributed by atoms with Crippen LogP contribution in [0.25, 0.3) is 10.9 Å². The minimum atomic E-state index is 0.904. The SMILES string of the molecule is c1c[nH]c(Cc2cccc3cccnc23)c1. The van der Waals surface area contributed by atoms with Crippen molar-refractivity contribution in [3.8, 4) is 0 Å². The van der Waals surface area contributed by atoms with Gasteiger partial charge in [0.05, 0.1) is 5.52 Å². The Kier molecular flexibility index (Phi) is 2.18. The third kappa shape index (κ3) is 1.58. The quantitative estimate of drug-likeness (QED) is 0.688. The van der Waals surface area contributed by atoms with Crippen LogP contribution in [-0.4, -0.2) is 9.97 Å². The zero-order valence-corrected chi connectivity index (χ0v) is 8.85. The maximum Gasteiger partial charge on any atom is 0.0737 e. The van der Waals surface area contributed by atoms with Crippen LogP contribution in [0.3, 0.4) is 0 Å². The highest BCUT2D eigenvalue weighted by molar-refractivity contribution is 5.81. The summed E-state index contributed by atoms with van der Waals surface area (Å²) in [4.78, 5) is 7.67. The van der Waals surface area contributed by atoms with Crippen molar-refractivity contribution < 1.29 is 0 Å². The number of pyridine rings is 1. The molecule has 0 saturated carbocycles. The van der Waals surface area contributed by atoms with Gasteiger partial charge < -0.3 is 4.98 Å². The number of nitrogens with zero attached hydrogens (tertiary/aromatic N) is 1. The zero-order valence-electron chi connectivity index (χ0n) is 8.85. The lowest BCUT2D eigenvalue weighted by molar-refractivity contribution is 1.11. The fourth-order valence-corrected chi connectivity index (χ4v) is 1.99. The van der Waals surface area contributed by atoms with E-state index in [4.69, 9.17) is 0 Å². The molecule has 0 saturated heterocycles. The summed E-state index contributed by atoms with van der Waals surface area (Å²) >= 11 is 0. The first-order valence-electron chi connectivity index (χ1n) is 5.38. The molecule has 0 spiro atoms. The Hall–Kier alpha value is -2.09. The number of aromatic nitrogens is 2. The van der Waals surface area contributed by atoms with Crippen LogP contribution >= 0.6 is 0 Å². The lowest BCUT2D eigenvalue weighted by atomic mass is 10.1. The van der Waals surface area contributed by atoms with E-state index in [1.807, 2.05) is 24.5 Å². The molecule has 16 heavy (non-hydrogen) atoms. The van der Waals surface area contributed by atoms with Gasteiger partial charge in [0, 0.05) is 29.9 Å². The number of fused-ring (bicyclic) bond motifs is 1. The maximum absolute atomic E-state index is 4.45. The summed E-state index contributed by atoms with van der Waals surface area (Å²) in [6, 6.07) is 14.5. The van der Waals surface area contributed by atoms with E-state index in [0.717, 1.165) is 11.9 Å². The summed E-state index contributed by atoms with van der Waals surface area (Å²) in [7, 11) is 0. The van der Waals surface area contributed by atoms with Crippen molar-refractivity contribution >= 4 is 10.9 Å². The maximum atomic E-state index is 4.45. The Labute approximate surface area is 94.0 Å². The summed E-state index contributed by atoms with van der Waals surface area (Å²) in [6.07, 6.45) is 4.70. The van der Waals surface area contributed by atoms with Gasteiger partial charge in [-0.15, -0.1) is 0 Å². The van der Waals surface area contributed by atoms with E-state index in [1.54, 1.807) is 0 Å². The number of para-hydroxylation sites is 1. The second-order valence-electron chi connectivity index (χ2n) is 3.86. The molecular formula is C14H12N2. The molecule has 0 radical (unpaired) electrons. The standard InChI is InChI=1S/C14H12N2/c1-4-11-6-2-9-16-14(11)12(5-1)10-13-7-3-8-15-13/h1-9,15H,10H2. The highest BCUT2D eigenvalue weighted by atomic mass is 14.7. The molecular weight excluding hydrogens is 196 g/mol. The van der Waals surface area contributed by atoms with Crippen LogP contribution in [0.15, 0.2) is 54.9 Å². The number of H-pyrrole nitrogens is 1. The van der Waals surface area contributed by atoms with Gasteiger partial charge >= 0.3 is 0 Å². The Balaban J connectivity index is 2.10. The first kappa shape index (κ1) is 9.16. The molecule has 3 aromatic rings. The van der Waals surface area contributed by atoms with Gasteiger partial charge in [0.15, 0.2) is 0 Å². The van der Waals surface area contributed by atoms with Crippen molar-refractivity contribution in [2.24, 2.45) is 0 Å². The molecule has 2 aromatic heterocycles. The van der Waals surface area contributed by atoms with E-state index in [-0.39, 0.29) is 0 Å². The van der Waals surface area contributed by atoms with Crippen LogP contribution < -0.4 is 0 Å². The Morgan fingerprint density at radius 3 is 2.81 bits per heavy atom. The van der Waals surface area contributed by atoms with Gasteiger partial charge in [0.1, 0.15) is 0 Å². The van der Waals surface area contributed by atoms with E-state index in [9.17, 15) is 0 Å². The molecule has 1 N–H and O–H groups in total. The third-order valence-electron chi connectivity index (χ3n) is 2.76. The molecule has 2 heteroatoms. The van der Waals surface area contributed by atoms with E-state index in [0.29, 0.717) is 0 Å². The van der Waals surface area contributed by atoms with Crippen molar-refractivity contribution in [1.82, 2.24) is 9.97 Å². The van der Waals surface area contributed by atoms with Gasteiger partial charge in [0.2, 0.25) is 0 Å². The number of rotatable bonds is 2. The van der Waals surface area contributed by atoms with Gasteiger partial charge in [-0.1, -0.05) is 24.3 Å². The van der Waals surface area contributed by atoms with Crippen LogP contribution in [0.5, 0.6) is 0 Å². The van der Waals surface area contributed by atoms with Gasteiger partial charge in [-0.25, -0.2) is 0 Å². The van der Waals surface area contributed by atoms with Gasteiger partial charge in [0.25, 0.3) is 0 Å². The van der Waals surface area contributed by atoms with E-state index in [1.165, 1.54) is 16.6 Å². The van der Waals surface area contributed by atoms with Crippen molar-refractivity contribution in [3.63, 3.8) is 0 Å². The highest BCUT2D eigenvalue weighted by Crippen LogP contribution is 2.18. The summed E-state index contributed by atoms with van der Waals surface area (Å²) in [5.74, 6) is 0. The second kappa shape index (κ2) is 3.81. The average molecular weight is 208 g/mol. The van der Waals surface area contributed by atoms with Crippen LogP contribution in [-0.2, 0) is 6.42 Å². The molecule has 78 valence electrons. The summed E-state index contributed by atoms with van der Waals surface area (Å²) in [5.41, 5.74) is 3.58. The predicted molar refractivity (Wildman–Crippen MR) is 65.3 cm³/mol. The van der Waals surface area contributed by atoms with Crippen LogP contribution in [0.2, 0.25) is 0 Å². The number of hydrogen-bond acceptors (Lipinski definition) is 1. The molecule has 0 bridgehead atoms. The minimum absolute atomic E-state index is 0.904. The largest absolute Gasteiger partial charge is 0.365 e. The highest BCUT2D eigenvalue weighted by Gasteiger charge is 2.02. The first-order valence-corrected chi connectivity index (χ1v) is 5.38. The first-order chi connectivity index (χ1) is 7.93. The molecule has 0 fully saturated rings.